The number of carbonyl (C=O) groups excluding carboxylic acids is 1. The van der Waals surface area contributed by atoms with E-state index in [-0.39, 0.29) is 12.0 Å². The predicted molar refractivity (Wildman–Crippen MR) is 77.8 cm³/mol. The topological polar surface area (TPSA) is 73.6 Å². The summed E-state index contributed by atoms with van der Waals surface area (Å²) in [4.78, 5) is 12.1. The zero-order valence-corrected chi connectivity index (χ0v) is 12.0. The van der Waals surface area contributed by atoms with Crippen LogP contribution in [0, 0.1) is 0 Å². The Morgan fingerprint density at radius 2 is 2.10 bits per heavy atom. The molecular formula is C15H22N2O3. The molecule has 1 aliphatic carbocycles. The Kier molecular flexibility index (Phi) is 4.49. The van der Waals surface area contributed by atoms with E-state index >= 15 is 0 Å². The van der Waals surface area contributed by atoms with Crippen molar-refractivity contribution in [3.8, 4) is 5.75 Å². The number of hydrogen-bond donors (Lipinski definition) is 2. The first-order chi connectivity index (χ1) is 9.64. The molecule has 1 amide bonds. The van der Waals surface area contributed by atoms with Crippen LogP contribution in [0.25, 0.3) is 0 Å². The van der Waals surface area contributed by atoms with Crippen molar-refractivity contribution in [2.45, 2.75) is 37.3 Å². The van der Waals surface area contributed by atoms with Crippen molar-refractivity contribution in [2.24, 2.45) is 5.73 Å². The van der Waals surface area contributed by atoms with E-state index in [1.54, 1.807) is 14.2 Å². The van der Waals surface area contributed by atoms with Gasteiger partial charge in [-0.1, -0.05) is 25.0 Å². The predicted octanol–water partition coefficient (Wildman–Crippen LogP) is 1.92. The van der Waals surface area contributed by atoms with Gasteiger partial charge in [-0.2, -0.15) is 0 Å². The normalized spacial score (nSPS) is 26.0. The number of hydrogen-bond acceptors (Lipinski definition) is 4. The number of para-hydroxylation sites is 2. The highest BCUT2D eigenvalue weighted by Gasteiger charge is 2.46. The molecule has 0 radical (unpaired) electrons. The van der Waals surface area contributed by atoms with Crippen LogP contribution in [0.4, 0.5) is 5.69 Å². The first-order valence-electron chi connectivity index (χ1n) is 6.88. The number of rotatable bonds is 5. The van der Waals surface area contributed by atoms with Gasteiger partial charge < -0.3 is 20.5 Å². The fraction of sp³-hybridized carbons (Fsp3) is 0.533. The van der Waals surface area contributed by atoms with Gasteiger partial charge in [-0.15, -0.1) is 0 Å². The van der Waals surface area contributed by atoms with Crippen LogP contribution in [0.1, 0.15) is 25.7 Å². The van der Waals surface area contributed by atoms with Crippen molar-refractivity contribution in [1.82, 2.24) is 0 Å². The molecule has 5 nitrogen and oxygen atoms in total. The van der Waals surface area contributed by atoms with Gasteiger partial charge in [-0.05, 0) is 25.0 Å². The monoisotopic (exact) mass is 278 g/mol. The molecule has 0 aromatic heterocycles. The second-order valence-electron chi connectivity index (χ2n) is 5.13. The van der Waals surface area contributed by atoms with Crippen LogP contribution in [-0.2, 0) is 9.53 Å². The Morgan fingerprint density at radius 3 is 2.75 bits per heavy atom. The Balaban J connectivity index is 2.35. The zero-order chi connectivity index (χ0) is 14.6. The highest BCUT2D eigenvalue weighted by molar-refractivity contribution is 5.89. The molecule has 2 rings (SSSR count). The van der Waals surface area contributed by atoms with Gasteiger partial charge in [-0.25, -0.2) is 0 Å². The molecule has 1 aliphatic rings. The van der Waals surface area contributed by atoms with Crippen LogP contribution in [0.2, 0.25) is 0 Å². The number of methoxy groups -OCH3 is 2. The van der Waals surface area contributed by atoms with E-state index in [0.29, 0.717) is 12.2 Å². The zero-order valence-electron chi connectivity index (χ0n) is 12.0. The van der Waals surface area contributed by atoms with Crippen LogP contribution in [-0.4, -0.2) is 31.8 Å². The van der Waals surface area contributed by atoms with Gasteiger partial charge in [-0.3, -0.25) is 4.79 Å². The first-order valence-corrected chi connectivity index (χ1v) is 6.88. The molecule has 1 saturated carbocycles. The van der Waals surface area contributed by atoms with Crippen LogP contribution in [0.3, 0.4) is 0 Å². The van der Waals surface area contributed by atoms with Crippen LogP contribution >= 0.6 is 0 Å². The minimum Gasteiger partial charge on any atom is -0.495 e. The van der Waals surface area contributed by atoms with Gasteiger partial charge in [0.15, 0.2) is 0 Å². The molecule has 1 aromatic rings. The number of carbonyl (C=O) groups is 1. The van der Waals surface area contributed by atoms with Crippen LogP contribution in [0.15, 0.2) is 24.3 Å². The molecule has 1 aromatic carbocycles. The smallest absolute Gasteiger partial charge is 0.245 e. The molecule has 110 valence electrons. The van der Waals surface area contributed by atoms with Gasteiger partial charge in [0.05, 0.1) is 18.9 Å². The van der Waals surface area contributed by atoms with Gasteiger partial charge in [0.25, 0.3) is 0 Å². The average Bonchev–Trinajstić information content (AvgIpc) is 2.48. The lowest BCUT2D eigenvalue weighted by atomic mass is 9.78. The summed E-state index contributed by atoms with van der Waals surface area (Å²) in [5, 5.41) is 3.29. The molecule has 0 heterocycles. The van der Waals surface area contributed by atoms with E-state index in [2.05, 4.69) is 5.32 Å². The minimum absolute atomic E-state index is 0.223. The van der Waals surface area contributed by atoms with E-state index in [9.17, 15) is 4.79 Å². The van der Waals surface area contributed by atoms with E-state index in [0.717, 1.165) is 24.9 Å². The summed E-state index contributed by atoms with van der Waals surface area (Å²) in [6, 6.07) is 7.51. The van der Waals surface area contributed by atoms with Crippen molar-refractivity contribution in [2.75, 3.05) is 19.5 Å². The molecule has 2 atom stereocenters. The molecule has 20 heavy (non-hydrogen) atoms. The maximum atomic E-state index is 12.1. The summed E-state index contributed by atoms with van der Waals surface area (Å²) in [6.07, 6.45) is 3.26. The quantitative estimate of drug-likeness (QED) is 0.863. The summed E-state index contributed by atoms with van der Waals surface area (Å²) in [6.45, 7) is 0. The Labute approximate surface area is 119 Å². The summed E-state index contributed by atoms with van der Waals surface area (Å²) in [7, 11) is 3.23. The molecular weight excluding hydrogens is 256 g/mol. The van der Waals surface area contributed by atoms with Crippen LogP contribution < -0.4 is 15.8 Å². The largest absolute Gasteiger partial charge is 0.495 e. The fourth-order valence-corrected chi connectivity index (χ4v) is 2.93. The maximum absolute atomic E-state index is 12.1. The Bertz CT molecular complexity index is 478. The lowest BCUT2D eigenvalue weighted by Crippen LogP contribution is -2.60. The second-order valence-corrected chi connectivity index (χ2v) is 5.13. The Morgan fingerprint density at radius 1 is 1.35 bits per heavy atom. The summed E-state index contributed by atoms with van der Waals surface area (Å²) < 4.78 is 10.8. The average molecular weight is 278 g/mol. The Hall–Kier alpha value is -1.75. The second kappa shape index (κ2) is 6.13. The van der Waals surface area contributed by atoms with Crippen molar-refractivity contribution in [1.29, 1.82) is 0 Å². The number of primary amides is 1. The third-order valence-corrected chi connectivity index (χ3v) is 4.03. The molecule has 1 fully saturated rings. The molecule has 0 saturated heterocycles. The maximum Gasteiger partial charge on any atom is 0.245 e. The molecule has 2 unspecified atom stereocenters. The number of nitrogens with two attached hydrogens (primary N) is 1. The van der Waals surface area contributed by atoms with Crippen molar-refractivity contribution in [3.63, 3.8) is 0 Å². The van der Waals surface area contributed by atoms with E-state index in [4.69, 9.17) is 15.2 Å². The summed E-state index contributed by atoms with van der Waals surface area (Å²) in [5.74, 6) is 0.309. The van der Waals surface area contributed by atoms with Gasteiger partial charge in [0.1, 0.15) is 11.3 Å². The fourth-order valence-electron chi connectivity index (χ4n) is 2.93. The number of anilines is 1. The highest BCUT2D eigenvalue weighted by Crippen LogP contribution is 2.36. The van der Waals surface area contributed by atoms with Crippen molar-refractivity contribution < 1.29 is 14.3 Å². The summed E-state index contributed by atoms with van der Waals surface area (Å²) in [5.41, 5.74) is 5.57. The lowest BCUT2D eigenvalue weighted by molar-refractivity contribution is -0.129. The molecule has 0 bridgehead atoms. The standard InChI is InChI=1S/C15H22N2O3/c1-19-12-8-4-3-7-11(12)17-15(14(16)18)10-6-5-9-13(15)20-2/h3-4,7-8,13,17H,5-6,9-10H2,1-2H3,(H2,16,18). The number of nitrogens with one attached hydrogen (secondary N) is 1. The third kappa shape index (κ3) is 2.58. The minimum atomic E-state index is -0.873. The number of amides is 1. The van der Waals surface area contributed by atoms with Crippen molar-refractivity contribution in [3.05, 3.63) is 24.3 Å². The van der Waals surface area contributed by atoms with Gasteiger partial charge >= 0.3 is 0 Å². The van der Waals surface area contributed by atoms with E-state index in [1.165, 1.54) is 0 Å². The van der Waals surface area contributed by atoms with Crippen molar-refractivity contribution >= 4 is 11.6 Å². The van der Waals surface area contributed by atoms with Gasteiger partial charge in [0, 0.05) is 7.11 Å². The molecule has 0 spiro atoms. The molecule has 0 aliphatic heterocycles. The molecule has 3 N–H and O–H groups in total. The van der Waals surface area contributed by atoms with E-state index in [1.807, 2.05) is 24.3 Å². The van der Waals surface area contributed by atoms with E-state index < -0.39 is 5.54 Å². The SMILES string of the molecule is COc1ccccc1NC1(C(N)=O)CCCCC1OC. The highest BCUT2D eigenvalue weighted by atomic mass is 16.5. The number of ether oxygens (including phenoxy) is 2. The molecule has 5 heteroatoms. The number of benzene rings is 1. The van der Waals surface area contributed by atoms with Gasteiger partial charge in [0.2, 0.25) is 5.91 Å². The lowest BCUT2D eigenvalue weighted by Gasteiger charge is -2.42. The third-order valence-electron chi connectivity index (χ3n) is 4.03. The first kappa shape index (κ1) is 14.7. The summed E-state index contributed by atoms with van der Waals surface area (Å²) >= 11 is 0. The van der Waals surface area contributed by atoms with Crippen LogP contribution in [0.5, 0.6) is 5.75 Å².